The number of halogens is 1. The summed E-state index contributed by atoms with van der Waals surface area (Å²) >= 11 is 7.55. The number of rotatable bonds is 2. The van der Waals surface area contributed by atoms with Crippen molar-refractivity contribution in [3.05, 3.63) is 39.9 Å². The molecule has 6 heteroatoms. The van der Waals surface area contributed by atoms with Crippen LogP contribution in [0.1, 0.15) is 34.6 Å². The van der Waals surface area contributed by atoms with Gasteiger partial charge in [-0.05, 0) is 50.3 Å². The first-order valence-electron chi connectivity index (χ1n) is 8.80. The van der Waals surface area contributed by atoms with E-state index in [0.717, 1.165) is 60.2 Å². The number of hydrogen-bond donors (Lipinski definition) is 1. The highest BCUT2D eigenvalue weighted by Crippen LogP contribution is 2.38. The molecule has 2 fully saturated rings. The van der Waals surface area contributed by atoms with E-state index in [1.54, 1.807) is 0 Å². The van der Waals surface area contributed by atoms with Gasteiger partial charge in [0.1, 0.15) is 9.88 Å². The molecule has 1 aromatic carbocycles. The fourth-order valence-electron chi connectivity index (χ4n) is 3.89. The van der Waals surface area contributed by atoms with Crippen LogP contribution in [0, 0.1) is 12.3 Å². The van der Waals surface area contributed by atoms with Gasteiger partial charge in [0.2, 0.25) is 0 Å². The van der Waals surface area contributed by atoms with E-state index in [-0.39, 0.29) is 5.91 Å². The van der Waals surface area contributed by atoms with E-state index < -0.39 is 0 Å². The Morgan fingerprint density at radius 2 is 2.12 bits per heavy atom. The molecule has 3 heterocycles. The van der Waals surface area contributed by atoms with Gasteiger partial charge in [0.25, 0.3) is 5.91 Å². The van der Waals surface area contributed by atoms with Crippen LogP contribution in [-0.4, -0.2) is 42.0 Å². The lowest BCUT2D eigenvalue weighted by atomic mass is 9.78. The number of benzene rings is 1. The Labute approximate surface area is 157 Å². The van der Waals surface area contributed by atoms with Gasteiger partial charge in [-0.3, -0.25) is 4.79 Å². The Balaban J connectivity index is 1.51. The van der Waals surface area contributed by atoms with Gasteiger partial charge < -0.3 is 10.2 Å². The van der Waals surface area contributed by atoms with Crippen molar-refractivity contribution in [1.29, 1.82) is 0 Å². The first-order chi connectivity index (χ1) is 12.1. The minimum absolute atomic E-state index is 0.129. The van der Waals surface area contributed by atoms with Gasteiger partial charge in [-0.1, -0.05) is 23.7 Å². The van der Waals surface area contributed by atoms with E-state index in [1.165, 1.54) is 17.8 Å². The van der Waals surface area contributed by atoms with Crippen molar-refractivity contribution in [2.45, 2.75) is 26.2 Å². The quantitative estimate of drug-likeness (QED) is 0.863. The molecular weight excluding hydrogens is 354 g/mol. The summed E-state index contributed by atoms with van der Waals surface area (Å²) in [6.45, 7) is 5.84. The third-order valence-electron chi connectivity index (χ3n) is 5.51. The minimum Gasteiger partial charge on any atom is -0.338 e. The van der Waals surface area contributed by atoms with E-state index in [2.05, 4.69) is 10.3 Å². The molecule has 132 valence electrons. The largest absolute Gasteiger partial charge is 0.338 e. The summed E-state index contributed by atoms with van der Waals surface area (Å²) < 4.78 is 0. The topological polar surface area (TPSA) is 45.2 Å². The number of carbonyl (C=O) groups excluding carboxylic acids is 1. The number of aromatic nitrogens is 1. The maximum absolute atomic E-state index is 13.0. The van der Waals surface area contributed by atoms with Crippen LogP contribution < -0.4 is 5.32 Å². The molecule has 2 aliphatic heterocycles. The summed E-state index contributed by atoms with van der Waals surface area (Å²) in [6, 6.07) is 7.64. The van der Waals surface area contributed by atoms with Crippen LogP contribution in [0.3, 0.4) is 0 Å². The van der Waals surface area contributed by atoms with Crippen LogP contribution in [0.5, 0.6) is 0 Å². The number of nitrogens with zero attached hydrogens (tertiary/aromatic N) is 2. The summed E-state index contributed by atoms with van der Waals surface area (Å²) in [7, 11) is 0. The second-order valence-electron chi connectivity index (χ2n) is 7.16. The third kappa shape index (κ3) is 3.33. The second kappa shape index (κ2) is 6.71. The van der Waals surface area contributed by atoms with Crippen LogP contribution in [0.25, 0.3) is 10.6 Å². The van der Waals surface area contributed by atoms with Crippen LogP contribution in [-0.2, 0) is 0 Å². The van der Waals surface area contributed by atoms with Gasteiger partial charge in [-0.2, -0.15) is 0 Å². The zero-order valence-corrected chi connectivity index (χ0v) is 15.9. The van der Waals surface area contributed by atoms with Gasteiger partial charge in [-0.15, -0.1) is 11.3 Å². The number of likely N-dealkylation sites (tertiary alicyclic amines) is 1. The van der Waals surface area contributed by atoms with Crippen molar-refractivity contribution < 1.29 is 4.79 Å². The van der Waals surface area contributed by atoms with Crippen molar-refractivity contribution in [2.24, 2.45) is 5.41 Å². The summed E-state index contributed by atoms with van der Waals surface area (Å²) in [4.78, 5) is 20.4. The zero-order chi connectivity index (χ0) is 17.4. The minimum atomic E-state index is 0.129. The molecule has 1 amide bonds. The van der Waals surface area contributed by atoms with Gasteiger partial charge in [0.05, 0.1) is 5.69 Å². The molecule has 0 atom stereocenters. The first kappa shape index (κ1) is 17.0. The molecule has 2 aliphatic rings. The molecule has 1 N–H and O–H groups in total. The normalized spacial score (nSPS) is 19.5. The SMILES string of the molecule is Cc1nc(-c2cccc(Cl)c2)sc1C(=O)N1CCC2(CCNC2)CC1. The molecule has 0 bridgehead atoms. The lowest BCUT2D eigenvalue weighted by molar-refractivity contribution is 0.0611. The number of thiazole rings is 1. The van der Waals surface area contributed by atoms with Gasteiger partial charge in [-0.25, -0.2) is 4.98 Å². The van der Waals surface area contributed by atoms with Crippen molar-refractivity contribution in [2.75, 3.05) is 26.2 Å². The molecule has 25 heavy (non-hydrogen) atoms. The Morgan fingerprint density at radius 1 is 1.32 bits per heavy atom. The Hall–Kier alpha value is -1.43. The summed E-state index contributed by atoms with van der Waals surface area (Å²) in [5.74, 6) is 0.129. The molecule has 2 aromatic rings. The Morgan fingerprint density at radius 3 is 2.80 bits per heavy atom. The number of piperidine rings is 1. The molecule has 2 saturated heterocycles. The highest BCUT2D eigenvalue weighted by molar-refractivity contribution is 7.17. The fourth-order valence-corrected chi connectivity index (χ4v) is 5.11. The second-order valence-corrected chi connectivity index (χ2v) is 8.60. The average molecular weight is 376 g/mol. The predicted octanol–water partition coefficient (Wildman–Crippen LogP) is 3.99. The van der Waals surface area contributed by atoms with Crippen LogP contribution in [0.15, 0.2) is 24.3 Å². The standard InChI is InChI=1S/C19H22ClN3OS/c1-13-16(25-17(22-13)14-3-2-4-15(20)11-14)18(24)23-9-6-19(7-10-23)5-8-21-12-19/h2-4,11,21H,5-10,12H2,1H3. The van der Waals surface area contributed by atoms with Crippen molar-refractivity contribution in [1.82, 2.24) is 15.2 Å². The lowest BCUT2D eigenvalue weighted by Gasteiger charge is -2.38. The van der Waals surface area contributed by atoms with E-state index in [0.29, 0.717) is 10.4 Å². The van der Waals surface area contributed by atoms with E-state index in [9.17, 15) is 4.79 Å². The van der Waals surface area contributed by atoms with Crippen molar-refractivity contribution in [3.8, 4) is 10.6 Å². The zero-order valence-electron chi connectivity index (χ0n) is 14.3. The number of nitrogens with one attached hydrogen (secondary N) is 1. The van der Waals surface area contributed by atoms with E-state index in [4.69, 9.17) is 11.6 Å². The summed E-state index contributed by atoms with van der Waals surface area (Å²) in [5, 5.41) is 5.01. The molecular formula is C19H22ClN3OS. The van der Waals surface area contributed by atoms with Gasteiger partial charge in [0, 0.05) is 30.2 Å². The number of hydrogen-bond acceptors (Lipinski definition) is 4. The van der Waals surface area contributed by atoms with Crippen LogP contribution in [0.2, 0.25) is 5.02 Å². The molecule has 1 spiro atoms. The lowest BCUT2D eigenvalue weighted by Crippen LogP contribution is -2.44. The fraction of sp³-hybridized carbons (Fsp3) is 0.474. The Bertz CT molecular complexity index is 788. The highest BCUT2D eigenvalue weighted by atomic mass is 35.5. The molecule has 4 nitrogen and oxygen atoms in total. The maximum Gasteiger partial charge on any atom is 0.265 e. The molecule has 1 aromatic heterocycles. The molecule has 0 saturated carbocycles. The number of carbonyl (C=O) groups is 1. The van der Waals surface area contributed by atoms with Gasteiger partial charge in [0.15, 0.2) is 0 Å². The molecule has 0 unspecified atom stereocenters. The average Bonchev–Trinajstić information content (AvgIpc) is 3.22. The highest BCUT2D eigenvalue weighted by Gasteiger charge is 2.38. The van der Waals surface area contributed by atoms with Gasteiger partial charge >= 0.3 is 0 Å². The molecule has 0 radical (unpaired) electrons. The maximum atomic E-state index is 13.0. The molecule has 0 aliphatic carbocycles. The summed E-state index contributed by atoms with van der Waals surface area (Å²) in [5.41, 5.74) is 2.20. The smallest absolute Gasteiger partial charge is 0.265 e. The third-order valence-corrected chi connectivity index (χ3v) is 6.94. The number of aryl methyl sites for hydroxylation is 1. The van der Waals surface area contributed by atoms with E-state index in [1.807, 2.05) is 36.1 Å². The van der Waals surface area contributed by atoms with Crippen molar-refractivity contribution in [3.63, 3.8) is 0 Å². The first-order valence-corrected chi connectivity index (χ1v) is 9.99. The molecule has 4 rings (SSSR count). The van der Waals surface area contributed by atoms with Crippen LogP contribution >= 0.6 is 22.9 Å². The Kier molecular flexibility index (Phi) is 4.56. The van der Waals surface area contributed by atoms with E-state index >= 15 is 0 Å². The van der Waals surface area contributed by atoms with Crippen LogP contribution in [0.4, 0.5) is 0 Å². The predicted molar refractivity (Wildman–Crippen MR) is 102 cm³/mol. The number of amides is 1. The van der Waals surface area contributed by atoms with Crippen molar-refractivity contribution >= 4 is 28.8 Å². The summed E-state index contributed by atoms with van der Waals surface area (Å²) in [6.07, 6.45) is 3.45. The monoisotopic (exact) mass is 375 g/mol.